The zero-order chi connectivity index (χ0) is 12.3. The van der Waals surface area contributed by atoms with Gasteiger partial charge in [0, 0.05) is 27.2 Å². The van der Waals surface area contributed by atoms with Crippen LogP contribution in [0, 0.1) is 0 Å². The van der Waals surface area contributed by atoms with Crippen LogP contribution in [0.15, 0.2) is 5.03 Å². The monoisotopic (exact) mass is 241 g/mol. The lowest BCUT2D eigenvalue weighted by Gasteiger charge is -2.23. The predicted molar refractivity (Wildman–Crippen MR) is 71.6 cm³/mol. The Hall–Kier alpha value is -1.17. The van der Waals surface area contributed by atoms with E-state index < -0.39 is 0 Å². The molecule has 0 aromatic carbocycles. The van der Waals surface area contributed by atoms with E-state index in [2.05, 4.69) is 41.3 Å². The predicted octanol–water partition coefficient (Wildman–Crippen LogP) is 1.26. The highest BCUT2D eigenvalue weighted by molar-refractivity contribution is 7.80. The van der Waals surface area contributed by atoms with E-state index in [9.17, 15) is 0 Å². The third-order valence-electron chi connectivity index (χ3n) is 2.36. The van der Waals surface area contributed by atoms with Gasteiger partial charge in [0.25, 0.3) is 0 Å². The van der Waals surface area contributed by atoms with Crippen LogP contribution in [0.1, 0.15) is 13.8 Å². The first kappa shape index (κ1) is 12.9. The number of aromatic nitrogens is 2. The highest BCUT2D eigenvalue weighted by Gasteiger charge is 2.14. The van der Waals surface area contributed by atoms with Gasteiger partial charge in [0.1, 0.15) is 10.7 Å². The van der Waals surface area contributed by atoms with E-state index in [0.717, 1.165) is 18.9 Å². The van der Waals surface area contributed by atoms with Crippen molar-refractivity contribution in [3.63, 3.8) is 0 Å². The number of rotatable bonds is 4. The second-order valence-electron chi connectivity index (χ2n) is 3.65. The second-order valence-corrected chi connectivity index (χ2v) is 4.07. The van der Waals surface area contributed by atoms with Crippen molar-refractivity contribution in [3.05, 3.63) is 0 Å². The maximum atomic E-state index is 5.94. The molecule has 0 unspecified atom stereocenters. The van der Waals surface area contributed by atoms with E-state index in [1.807, 2.05) is 19.0 Å². The molecule has 2 N–H and O–H groups in total. The minimum Gasteiger partial charge on any atom is -0.394 e. The first-order valence-corrected chi connectivity index (χ1v) is 5.74. The lowest BCUT2D eigenvalue weighted by Crippen LogP contribution is -2.26. The van der Waals surface area contributed by atoms with Crippen LogP contribution >= 0.6 is 12.6 Å². The summed E-state index contributed by atoms with van der Waals surface area (Å²) in [5, 5.41) is 0.528. The van der Waals surface area contributed by atoms with Gasteiger partial charge in [0.05, 0.1) is 0 Å². The fraction of sp³-hybridized carbons (Fsp3) is 0.600. The molecule has 0 saturated carbocycles. The molecule has 1 rings (SSSR count). The molecule has 0 radical (unpaired) electrons. The van der Waals surface area contributed by atoms with Gasteiger partial charge in [0.15, 0.2) is 5.82 Å². The molecular weight excluding hydrogens is 222 g/mol. The summed E-state index contributed by atoms with van der Waals surface area (Å²) in [6, 6.07) is 0. The van der Waals surface area contributed by atoms with E-state index in [0.29, 0.717) is 16.7 Å². The maximum absolute atomic E-state index is 5.94. The molecule has 16 heavy (non-hydrogen) atoms. The van der Waals surface area contributed by atoms with E-state index in [4.69, 9.17) is 5.73 Å². The highest BCUT2D eigenvalue weighted by Crippen LogP contribution is 2.27. The summed E-state index contributed by atoms with van der Waals surface area (Å²) in [6.45, 7) is 5.85. The zero-order valence-electron chi connectivity index (χ0n) is 10.2. The van der Waals surface area contributed by atoms with Crippen molar-refractivity contribution in [3.8, 4) is 0 Å². The first-order chi connectivity index (χ1) is 7.51. The molecule has 0 spiro atoms. The molecule has 90 valence electrons. The summed E-state index contributed by atoms with van der Waals surface area (Å²) in [4.78, 5) is 12.6. The summed E-state index contributed by atoms with van der Waals surface area (Å²) in [7, 11) is 3.79. The van der Waals surface area contributed by atoms with Crippen LogP contribution in [-0.2, 0) is 0 Å². The van der Waals surface area contributed by atoms with Gasteiger partial charge in [-0.25, -0.2) is 4.98 Å². The molecule has 0 bridgehead atoms. The molecule has 5 nitrogen and oxygen atoms in total. The largest absolute Gasteiger partial charge is 0.394 e. The molecule has 0 aliphatic carbocycles. The van der Waals surface area contributed by atoms with E-state index in [1.54, 1.807) is 0 Å². The van der Waals surface area contributed by atoms with E-state index >= 15 is 0 Å². The number of hydrogen-bond acceptors (Lipinski definition) is 6. The van der Waals surface area contributed by atoms with Gasteiger partial charge in [-0.05, 0) is 13.8 Å². The molecule has 0 fully saturated rings. The zero-order valence-corrected chi connectivity index (χ0v) is 11.1. The summed E-state index contributed by atoms with van der Waals surface area (Å²) >= 11 is 4.27. The summed E-state index contributed by atoms with van der Waals surface area (Å²) in [5.74, 6) is 1.38. The summed E-state index contributed by atoms with van der Waals surface area (Å²) in [5.41, 5.74) is 6.48. The number of thiol groups is 1. The van der Waals surface area contributed by atoms with Crippen LogP contribution in [-0.4, -0.2) is 37.2 Å². The Bertz CT molecular complexity index is 362. The normalized spacial score (nSPS) is 10.3. The molecule has 1 aromatic heterocycles. The average Bonchev–Trinajstić information content (AvgIpc) is 2.25. The number of anilines is 3. The molecule has 1 heterocycles. The molecule has 1 aromatic rings. The van der Waals surface area contributed by atoms with Gasteiger partial charge in [-0.3, -0.25) is 0 Å². The van der Waals surface area contributed by atoms with Crippen molar-refractivity contribution < 1.29 is 0 Å². The van der Waals surface area contributed by atoms with Crippen molar-refractivity contribution >= 4 is 30.1 Å². The second kappa shape index (κ2) is 5.25. The van der Waals surface area contributed by atoms with Gasteiger partial charge < -0.3 is 15.5 Å². The molecule has 0 saturated heterocycles. The molecule has 6 heteroatoms. The quantitative estimate of drug-likeness (QED) is 0.614. The van der Waals surface area contributed by atoms with Gasteiger partial charge in [-0.1, -0.05) is 0 Å². The summed E-state index contributed by atoms with van der Waals surface area (Å²) in [6.07, 6.45) is 0. The third-order valence-corrected chi connectivity index (χ3v) is 2.70. The molecule has 0 aliphatic rings. The number of nitrogens with two attached hydrogens (primary N) is 1. The summed E-state index contributed by atoms with van der Waals surface area (Å²) < 4.78 is 0. The molecule has 0 atom stereocenters. The molecule has 0 aliphatic heterocycles. The Morgan fingerprint density at radius 3 is 2.19 bits per heavy atom. The van der Waals surface area contributed by atoms with Crippen molar-refractivity contribution in [1.82, 2.24) is 9.97 Å². The third kappa shape index (κ3) is 2.49. The van der Waals surface area contributed by atoms with Gasteiger partial charge in [-0.2, -0.15) is 4.98 Å². The molecular formula is C10H19N5S. The maximum Gasteiger partial charge on any atom is 0.227 e. The Morgan fingerprint density at radius 1 is 1.19 bits per heavy atom. The van der Waals surface area contributed by atoms with Gasteiger partial charge in [-0.15, -0.1) is 12.6 Å². The smallest absolute Gasteiger partial charge is 0.227 e. The fourth-order valence-electron chi connectivity index (χ4n) is 1.40. The average molecular weight is 241 g/mol. The van der Waals surface area contributed by atoms with Crippen molar-refractivity contribution in [2.45, 2.75) is 18.9 Å². The van der Waals surface area contributed by atoms with Crippen LogP contribution in [0.3, 0.4) is 0 Å². The minimum atomic E-state index is 0.528. The Kier molecular flexibility index (Phi) is 4.23. The minimum absolute atomic E-state index is 0.528. The van der Waals surface area contributed by atoms with Crippen LogP contribution in [0.25, 0.3) is 0 Å². The molecule has 0 amide bonds. The lowest BCUT2D eigenvalue weighted by molar-refractivity contribution is 0.830. The van der Waals surface area contributed by atoms with Gasteiger partial charge in [0.2, 0.25) is 5.95 Å². The topological polar surface area (TPSA) is 58.3 Å². The lowest BCUT2D eigenvalue weighted by atomic mass is 10.4. The number of nitrogen functional groups attached to an aromatic ring is 1. The van der Waals surface area contributed by atoms with Crippen LogP contribution in [0.4, 0.5) is 17.5 Å². The van der Waals surface area contributed by atoms with Crippen LogP contribution < -0.4 is 15.5 Å². The van der Waals surface area contributed by atoms with Crippen LogP contribution in [0.5, 0.6) is 0 Å². The van der Waals surface area contributed by atoms with Crippen molar-refractivity contribution in [1.29, 1.82) is 0 Å². The van der Waals surface area contributed by atoms with Crippen molar-refractivity contribution in [2.24, 2.45) is 0 Å². The fourth-order valence-corrected chi connectivity index (χ4v) is 1.59. The van der Waals surface area contributed by atoms with E-state index in [1.165, 1.54) is 0 Å². The van der Waals surface area contributed by atoms with E-state index in [-0.39, 0.29) is 0 Å². The Balaban J connectivity index is 3.25. The standard InChI is InChI=1S/C10H19N5S/c1-5-15(6-2)8-7(11)9(16)13-10(12-8)14(3)4/h5-6,11H2,1-4H3,(H,12,13,16). The van der Waals surface area contributed by atoms with Gasteiger partial charge >= 0.3 is 0 Å². The highest BCUT2D eigenvalue weighted by atomic mass is 32.1. The SMILES string of the molecule is CCN(CC)c1nc(N(C)C)nc(S)c1N. The number of nitrogens with zero attached hydrogens (tertiary/aromatic N) is 4. The van der Waals surface area contributed by atoms with Crippen molar-refractivity contribution in [2.75, 3.05) is 42.7 Å². The Morgan fingerprint density at radius 2 is 1.75 bits per heavy atom. The van der Waals surface area contributed by atoms with Crippen LogP contribution in [0.2, 0.25) is 0 Å². The Labute approximate surface area is 102 Å². The first-order valence-electron chi connectivity index (χ1n) is 5.30. The number of hydrogen-bond donors (Lipinski definition) is 2.